The molecule has 2 N–H and O–H groups in total. The molecule has 0 saturated heterocycles. The van der Waals surface area contributed by atoms with Crippen LogP contribution in [0.5, 0.6) is 0 Å². The molecule has 0 radical (unpaired) electrons. The predicted molar refractivity (Wildman–Crippen MR) is 62.6 cm³/mol. The minimum Gasteiger partial charge on any atom is -0.367 e. The highest BCUT2D eigenvalue weighted by Crippen LogP contribution is 2.30. The van der Waals surface area contributed by atoms with E-state index >= 15 is 0 Å². The zero-order valence-electron chi connectivity index (χ0n) is 9.77. The van der Waals surface area contributed by atoms with Crippen LogP contribution in [0.15, 0.2) is 23.0 Å². The molecule has 2 aromatic heterocycles. The molecule has 5 heteroatoms. The molecule has 0 aromatic carbocycles. The van der Waals surface area contributed by atoms with E-state index in [1.165, 1.54) is 6.20 Å². The normalized spacial score (nSPS) is 11.1. The van der Waals surface area contributed by atoms with Crippen molar-refractivity contribution < 1.29 is 8.91 Å². The van der Waals surface area contributed by atoms with E-state index in [-0.39, 0.29) is 5.88 Å². The lowest BCUT2D eigenvalue weighted by Gasteiger charge is -2.05. The van der Waals surface area contributed by atoms with Gasteiger partial charge in [0, 0.05) is 17.3 Å². The smallest absolute Gasteiger partial charge is 0.225 e. The maximum absolute atomic E-state index is 13.6. The summed E-state index contributed by atoms with van der Waals surface area (Å²) < 4.78 is 18.6. The van der Waals surface area contributed by atoms with E-state index in [1.54, 1.807) is 6.07 Å². The Morgan fingerprint density at radius 2 is 2.24 bits per heavy atom. The Morgan fingerprint density at radius 1 is 1.47 bits per heavy atom. The number of nitrogens with zero attached hydrogens (tertiary/aromatic N) is 2. The Kier molecular flexibility index (Phi) is 3.08. The molecule has 17 heavy (non-hydrogen) atoms. The summed E-state index contributed by atoms with van der Waals surface area (Å²) in [4.78, 5) is 3.70. The van der Waals surface area contributed by atoms with Crippen LogP contribution in [0.25, 0.3) is 11.3 Å². The third-order valence-corrected chi connectivity index (χ3v) is 2.46. The minimum absolute atomic E-state index is 0.255. The molecular formula is C12H14FN3O. The van der Waals surface area contributed by atoms with E-state index in [0.717, 1.165) is 11.8 Å². The van der Waals surface area contributed by atoms with Gasteiger partial charge in [-0.15, -0.1) is 0 Å². The van der Waals surface area contributed by atoms with Crippen molar-refractivity contribution in [1.82, 2.24) is 10.1 Å². The standard InChI is InChI=1S/C12H14FN3O/c1-7(2)5-9-11(16-17-12(9)14)8-3-4-15-6-10(8)13/h3-4,6-7H,5,14H2,1-2H3. The fourth-order valence-electron chi connectivity index (χ4n) is 1.71. The Labute approximate surface area is 98.6 Å². The van der Waals surface area contributed by atoms with Gasteiger partial charge in [-0.1, -0.05) is 19.0 Å². The molecule has 0 atom stereocenters. The topological polar surface area (TPSA) is 64.9 Å². The summed E-state index contributed by atoms with van der Waals surface area (Å²) in [5, 5.41) is 3.83. The summed E-state index contributed by atoms with van der Waals surface area (Å²) in [6, 6.07) is 1.57. The molecule has 0 bridgehead atoms. The van der Waals surface area contributed by atoms with Gasteiger partial charge in [0.15, 0.2) is 5.82 Å². The first-order valence-electron chi connectivity index (χ1n) is 5.43. The van der Waals surface area contributed by atoms with Gasteiger partial charge in [0.2, 0.25) is 5.88 Å². The van der Waals surface area contributed by atoms with E-state index in [0.29, 0.717) is 23.6 Å². The van der Waals surface area contributed by atoms with Gasteiger partial charge in [-0.05, 0) is 18.4 Å². The second-order valence-corrected chi connectivity index (χ2v) is 4.33. The molecule has 0 saturated carbocycles. The fourth-order valence-corrected chi connectivity index (χ4v) is 1.71. The van der Waals surface area contributed by atoms with Crippen LogP contribution in [0.2, 0.25) is 0 Å². The number of pyridine rings is 1. The van der Waals surface area contributed by atoms with Gasteiger partial charge in [-0.25, -0.2) is 4.39 Å². The molecule has 2 aromatic rings. The maximum Gasteiger partial charge on any atom is 0.225 e. The summed E-state index contributed by atoms with van der Waals surface area (Å²) >= 11 is 0. The van der Waals surface area contributed by atoms with Crippen molar-refractivity contribution >= 4 is 5.88 Å². The van der Waals surface area contributed by atoms with Crippen LogP contribution in [-0.4, -0.2) is 10.1 Å². The Morgan fingerprint density at radius 3 is 2.88 bits per heavy atom. The van der Waals surface area contributed by atoms with Gasteiger partial charge in [0.25, 0.3) is 0 Å². The highest BCUT2D eigenvalue weighted by atomic mass is 19.1. The number of nitrogen functional groups attached to an aromatic ring is 1. The van der Waals surface area contributed by atoms with Crippen LogP contribution in [0.3, 0.4) is 0 Å². The minimum atomic E-state index is -0.425. The van der Waals surface area contributed by atoms with E-state index in [2.05, 4.69) is 24.0 Å². The lowest BCUT2D eigenvalue weighted by Crippen LogP contribution is -1.99. The van der Waals surface area contributed by atoms with Crippen LogP contribution in [-0.2, 0) is 6.42 Å². The second-order valence-electron chi connectivity index (χ2n) is 4.33. The summed E-state index contributed by atoms with van der Waals surface area (Å²) in [7, 11) is 0. The van der Waals surface area contributed by atoms with E-state index in [4.69, 9.17) is 10.3 Å². The molecule has 4 nitrogen and oxygen atoms in total. The number of hydrogen-bond acceptors (Lipinski definition) is 4. The van der Waals surface area contributed by atoms with Crippen molar-refractivity contribution in [1.29, 1.82) is 0 Å². The third kappa shape index (κ3) is 2.27. The molecule has 0 spiro atoms. The molecule has 0 aliphatic rings. The quantitative estimate of drug-likeness (QED) is 0.888. The number of nitrogens with two attached hydrogens (primary N) is 1. The molecule has 0 amide bonds. The highest BCUT2D eigenvalue weighted by Gasteiger charge is 2.18. The van der Waals surface area contributed by atoms with Gasteiger partial charge >= 0.3 is 0 Å². The summed E-state index contributed by atoms with van der Waals surface area (Å²) in [6.07, 6.45) is 3.37. The van der Waals surface area contributed by atoms with Crippen LogP contribution < -0.4 is 5.73 Å². The third-order valence-electron chi connectivity index (χ3n) is 2.46. The lowest BCUT2D eigenvalue weighted by atomic mass is 9.99. The average Bonchev–Trinajstić information content (AvgIpc) is 2.61. The first-order valence-corrected chi connectivity index (χ1v) is 5.43. The van der Waals surface area contributed by atoms with Gasteiger partial charge in [0.1, 0.15) is 5.69 Å². The summed E-state index contributed by atoms with van der Waals surface area (Å²) in [6.45, 7) is 4.11. The average molecular weight is 235 g/mol. The summed E-state index contributed by atoms with van der Waals surface area (Å²) in [5.41, 5.74) is 7.30. The molecule has 0 fully saturated rings. The van der Waals surface area contributed by atoms with Gasteiger partial charge in [-0.3, -0.25) is 4.98 Å². The van der Waals surface area contributed by atoms with Gasteiger partial charge in [0.05, 0.1) is 6.20 Å². The zero-order valence-corrected chi connectivity index (χ0v) is 9.77. The molecule has 0 aliphatic carbocycles. The number of anilines is 1. The number of halogens is 1. The van der Waals surface area contributed by atoms with Crippen LogP contribution in [0, 0.1) is 11.7 Å². The van der Waals surface area contributed by atoms with Crippen LogP contribution in [0.1, 0.15) is 19.4 Å². The van der Waals surface area contributed by atoms with E-state index in [9.17, 15) is 4.39 Å². The van der Waals surface area contributed by atoms with Gasteiger partial charge < -0.3 is 10.3 Å². The number of aromatic nitrogens is 2. The largest absolute Gasteiger partial charge is 0.367 e. The van der Waals surface area contributed by atoms with Crippen LogP contribution in [0.4, 0.5) is 10.3 Å². The maximum atomic E-state index is 13.6. The Bertz CT molecular complexity index is 522. The van der Waals surface area contributed by atoms with Crippen molar-refractivity contribution in [2.24, 2.45) is 5.92 Å². The molecule has 2 rings (SSSR count). The fraction of sp³-hybridized carbons (Fsp3) is 0.333. The first-order chi connectivity index (χ1) is 8.09. The highest BCUT2D eigenvalue weighted by molar-refractivity contribution is 5.67. The SMILES string of the molecule is CC(C)Cc1c(-c2ccncc2F)noc1N. The van der Waals surface area contributed by atoms with Crippen molar-refractivity contribution in [2.45, 2.75) is 20.3 Å². The van der Waals surface area contributed by atoms with E-state index < -0.39 is 5.82 Å². The van der Waals surface area contributed by atoms with Crippen molar-refractivity contribution in [2.75, 3.05) is 5.73 Å². The first kappa shape index (κ1) is 11.6. The Balaban J connectivity index is 2.49. The van der Waals surface area contributed by atoms with Crippen molar-refractivity contribution in [3.8, 4) is 11.3 Å². The van der Waals surface area contributed by atoms with Crippen LogP contribution >= 0.6 is 0 Å². The zero-order chi connectivity index (χ0) is 12.4. The number of rotatable bonds is 3. The van der Waals surface area contributed by atoms with Gasteiger partial charge in [-0.2, -0.15) is 0 Å². The lowest BCUT2D eigenvalue weighted by molar-refractivity contribution is 0.437. The summed E-state index contributed by atoms with van der Waals surface area (Å²) in [5.74, 6) is 0.219. The van der Waals surface area contributed by atoms with E-state index in [1.807, 2.05) is 0 Å². The monoisotopic (exact) mass is 235 g/mol. The molecule has 2 heterocycles. The number of hydrogen-bond donors (Lipinski definition) is 1. The predicted octanol–water partition coefficient (Wildman–Crippen LogP) is 2.66. The second kappa shape index (κ2) is 4.53. The molecule has 0 unspecified atom stereocenters. The molecule has 0 aliphatic heterocycles. The molecular weight excluding hydrogens is 221 g/mol. The van der Waals surface area contributed by atoms with Crippen molar-refractivity contribution in [3.05, 3.63) is 29.8 Å². The molecule has 90 valence electrons. The van der Waals surface area contributed by atoms with Crippen molar-refractivity contribution in [3.63, 3.8) is 0 Å². The Hall–Kier alpha value is -1.91.